The van der Waals surface area contributed by atoms with Crippen molar-refractivity contribution >= 4 is 17.7 Å². The molecular formula is C19H25N3O2S. The molecule has 0 unspecified atom stereocenters. The smallest absolute Gasteiger partial charge is 0.251 e. The van der Waals surface area contributed by atoms with Crippen LogP contribution >= 0.6 is 11.8 Å². The number of thioether (sulfide) groups is 1. The summed E-state index contributed by atoms with van der Waals surface area (Å²) in [4.78, 5) is 30.9. The van der Waals surface area contributed by atoms with Crippen LogP contribution in [0.25, 0.3) is 0 Å². The fourth-order valence-electron chi connectivity index (χ4n) is 2.48. The van der Waals surface area contributed by atoms with Crippen LogP contribution in [-0.2, 0) is 17.6 Å². The molecule has 1 aromatic heterocycles. The van der Waals surface area contributed by atoms with Gasteiger partial charge in [0.1, 0.15) is 0 Å². The fourth-order valence-corrected chi connectivity index (χ4v) is 3.18. The molecular weight excluding hydrogens is 334 g/mol. The Hall–Kier alpha value is -2.08. The van der Waals surface area contributed by atoms with Gasteiger partial charge in [0.25, 0.3) is 5.56 Å². The predicted molar refractivity (Wildman–Crippen MR) is 102 cm³/mol. The highest BCUT2D eigenvalue weighted by atomic mass is 32.2. The molecule has 0 aliphatic carbocycles. The van der Waals surface area contributed by atoms with Gasteiger partial charge in [-0.25, -0.2) is 4.98 Å². The van der Waals surface area contributed by atoms with Crippen molar-refractivity contribution in [1.82, 2.24) is 15.3 Å². The van der Waals surface area contributed by atoms with Crippen LogP contribution in [0.1, 0.15) is 50.1 Å². The molecule has 5 nitrogen and oxygen atoms in total. The number of aromatic nitrogens is 2. The number of carbonyl (C=O) groups excluding carboxylic acids is 1. The lowest BCUT2D eigenvalue weighted by molar-refractivity contribution is -0.119. The average Bonchev–Trinajstić information content (AvgIpc) is 2.60. The lowest BCUT2D eigenvalue weighted by Crippen LogP contribution is -2.28. The van der Waals surface area contributed by atoms with Crippen LogP contribution in [0.15, 0.2) is 40.3 Å². The van der Waals surface area contributed by atoms with E-state index in [1.54, 1.807) is 0 Å². The lowest BCUT2D eigenvalue weighted by atomic mass is 10.1. The second-order valence-corrected chi connectivity index (χ2v) is 6.93. The zero-order valence-corrected chi connectivity index (χ0v) is 15.8. The quantitative estimate of drug-likeness (QED) is 0.560. The molecule has 1 atom stereocenters. The van der Waals surface area contributed by atoms with E-state index in [4.69, 9.17) is 0 Å². The van der Waals surface area contributed by atoms with Gasteiger partial charge in [0, 0.05) is 11.8 Å². The third-order valence-electron chi connectivity index (χ3n) is 3.88. The lowest BCUT2D eigenvalue weighted by Gasteiger charge is -2.14. The minimum Gasteiger partial charge on any atom is -0.349 e. The topological polar surface area (TPSA) is 74.8 Å². The number of hydrogen-bond acceptors (Lipinski definition) is 4. The van der Waals surface area contributed by atoms with Gasteiger partial charge < -0.3 is 10.3 Å². The predicted octanol–water partition coefficient (Wildman–Crippen LogP) is 3.25. The van der Waals surface area contributed by atoms with E-state index in [1.807, 2.05) is 26.0 Å². The van der Waals surface area contributed by atoms with E-state index in [-0.39, 0.29) is 23.3 Å². The molecule has 2 aromatic rings. The maximum absolute atomic E-state index is 12.2. The van der Waals surface area contributed by atoms with Gasteiger partial charge >= 0.3 is 0 Å². The first-order chi connectivity index (χ1) is 12.0. The molecule has 2 rings (SSSR count). The first kappa shape index (κ1) is 19.2. The maximum atomic E-state index is 12.2. The number of benzene rings is 1. The molecule has 1 heterocycles. The van der Waals surface area contributed by atoms with Crippen LogP contribution in [0.2, 0.25) is 0 Å². The van der Waals surface area contributed by atoms with Crippen molar-refractivity contribution in [2.45, 2.75) is 51.2 Å². The first-order valence-corrected chi connectivity index (χ1v) is 9.61. The van der Waals surface area contributed by atoms with Crippen molar-refractivity contribution in [3.05, 3.63) is 57.5 Å². The van der Waals surface area contributed by atoms with E-state index in [9.17, 15) is 9.59 Å². The van der Waals surface area contributed by atoms with Crippen molar-refractivity contribution in [3.8, 4) is 0 Å². The zero-order valence-electron chi connectivity index (χ0n) is 15.0. The number of H-pyrrole nitrogens is 1. The Balaban J connectivity index is 1.90. The normalized spacial score (nSPS) is 12.0. The highest BCUT2D eigenvalue weighted by Gasteiger charge is 2.11. The Morgan fingerprint density at radius 3 is 2.64 bits per heavy atom. The number of carbonyl (C=O) groups is 1. The summed E-state index contributed by atoms with van der Waals surface area (Å²) in [5, 5.41) is 3.47. The standard InChI is InChI=1S/C19H25N3O2S/c1-4-6-16-11-17(23)22-19(21-16)25-12-18(24)20-13(3)15-9-7-14(5-2)8-10-15/h7-11,13H,4-6,12H2,1-3H3,(H,20,24)(H,21,22,23)/t13-/m0/s1. The van der Waals surface area contributed by atoms with E-state index >= 15 is 0 Å². The average molecular weight is 359 g/mol. The number of aryl methyl sites for hydroxylation is 2. The molecule has 0 aliphatic rings. The Labute approximate surface area is 152 Å². The summed E-state index contributed by atoms with van der Waals surface area (Å²) < 4.78 is 0. The van der Waals surface area contributed by atoms with Gasteiger partial charge in [-0.15, -0.1) is 0 Å². The van der Waals surface area contributed by atoms with Gasteiger partial charge in [-0.3, -0.25) is 9.59 Å². The summed E-state index contributed by atoms with van der Waals surface area (Å²) in [7, 11) is 0. The highest BCUT2D eigenvalue weighted by molar-refractivity contribution is 7.99. The molecule has 0 aliphatic heterocycles. The van der Waals surface area contributed by atoms with Crippen molar-refractivity contribution in [3.63, 3.8) is 0 Å². The van der Waals surface area contributed by atoms with Gasteiger partial charge in [0.2, 0.25) is 5.91 Å². The molecule has 1 aromatic carbocycles. The second kappa shape index (κ2) is 9.42. The second-order valence-electron chi connectivity index (χ2n) is 5.96. The summed E-state index contributed by atoms with van der Waals surface area (Å²) in [5.41, 5.74) is 2.94. The molecule has 0 spiro atoms. The third kappa shape index (κ3) is 6.05. The molecule has 134 valence electrons. The van der Waals surface area contributed by atoms with Crippen LogP contribution in [0.3, 0.4) is 0 Å². The Morgan fingerprint density at radius 2 is 2.00 bits per heavy atom. The van der Waals surface area contributed by atoms with E-state index in [2.05, 4.69) is 34.3 Å². The molecule has 0 radical (unpaired) electrons. The van der Waals surface area contributed by atoms with Crippen LogP contribution in [0.4, 0.5) is 0 Å². The van der Waals surface area contributed by atoms with Crippen molar-refractivity contribution < 1.29 is 4.79 Å². The van der Waals surface area contributed by atoms with Crippen LogP contribution in [0.5, 0.6) is 0 Å². The number of nitrogens with zero attached hydrogens (tertiary/aromatic N) is 1. The van der Waals surface area contributed by atoms with Crippen molar-refractivity contribution in [2.24, 2.45) is 0 Å². The van der Waals surface area contributed by atoms with Crippen LogP contribution in [-0.4, -0.2) is 21.6 Å². The molecule has 0 saturated carbocycles. The number of hydrogen-bond donors (Lipinski definition) is 2. The molecule has 25 heavy (non-hydrogen) atoms. The molecule has 0 fully saturated rings. The van der Waals surface area contributed by atoms with Crippen molar-refractivity contribution in [2.75, 3.05) is 5.75 Å². The first-order valence-electron chi connectivity index (χ1n) is 8.63. The SMILES string of the molecule is CCCc1cc(=O)[nH]c(SCC(=O)N[C@@H](C)c2ccc(CC)cc2)n1. The Kier molecular flexibility index (Phi) is 7.25. The summed E-state index contributed by atoms with van der Waals surface area (Å²) in [6.07, 6.45) is 2.68. The minimum absolute atomic E-state index is 0.0579. The van der Waals surface area contributed by atoms with E-state index in [0.717, 1.165) is 30.5 Å². The zero-order chi connectivity index (χ0) is 18.2. The van der Waals surface area contributed by atoms with E-state index < -0.39 is 0 Å². The number of aromatic amines is 1. The number of amides is 1. The summed E-state index contributed by atoms with van der Waals surface area (Å²) in [6, 6.07) is 9.71. The molecule has 6 heteroatoms. The Morgan fingerprint density at radius 1 is 1.28 bits per heavy atom. The maximum Gasteiger partial charge on any atom is 0.251 e. The number of nitrogens with one attached hydrogen (secondary N) is 2. The summed E-state index contributed by atoms with van der Waals surface area (Å²) in [5.74, 6) is 0.135. The summed E-state index contributed by atoms with van der Waals surface area (Å²) in [6.45, 7) is 6.12. The van der Waals surface area contributed by atoms with Gasteiger partial charge in [-0.05, 0) is 30.9 Å². The van der Waals surface area contributed by atoms with Crippen molar-refractivity contribution in [1.29, 1.82) is 0 Å². The van der Waals surface area contributed by atoms with Gasteiger partial charge in [0.15, 0.2) is 5.16 Å². The van der Waals surface area contributed by atoms with E-state index in [0.29, 0.717) is 5.16 Å². The summed E-state index contributed by atoms with van der Waals surface area (Å²) >= 11 is 1.25. The van der Waals surface area contributed by atoms with Crippen LogP contribution < -0.4 is 10.9 Å². The van der Waals surface area contributed by atoms with Gasteiger partial charge in [-0.2, -0.15) is 0 Å². The minimum atomic E-state index is -0.175. The van der Waals surface area contributed by atoms with Gasteiger partial charge in [0.05, 0.1) is 11.8 Å². The Bertz CT molecular complexity index is 756. The van der Waals surface area contributed by atoms with Crippen LogP contribution in [0, 0.1) is 0 Å². The molecule has 0 saturated heterocycles. The highest BCUT2D eigenvalue weighted by Crippen LogP contribution is 2.15. The monoisotopic (exact) mass is 359 g/mol. The third-order valence-corrected chi connectivity index (χ3v) is 4.76. The largest absolute Gasteiger partial charge is 0.349 e. The van der Waals surface area contributed by atoms with E-state index in [1.165, 1.54) is 23.4 Å². The fraction of sp³-hybridized carbons (Fsp3) is 0.421. The number of rotatable bonds is 8. The molecule has 2 N–H and O–H groups in total. The molecule has 0 bridgehead atoms. The van der Waals surface area contributed by atoms with Gasteiger partial charge in [-0.1, -0.05) is 56.3 Å². The molecule has 1 amide bonds.